The van der Waals surface area contributed by atoms with Gasteiger partial charge in [0, 0.05) is 6.07 Å². The number of aromatic nitrogens is 2. The summed E-state index contributed by atoms with van der Waals surface area (Å²) in [6, 6.07) is 6.36. The van der Waals surface area contributed by atoms with Gasteiger partial charge in [-0.05, 0) is 31.4 Å². The van der Waals surface area contributed by atoms with Crippen LogP contribution >= 0.6 is 0 Å². The average molecular weight is 399 g/mol. The highest BCUT2D eigenvalue weighted by molar-refractivity contribution is 6.00. The number of anilines is 2. The molecule has 3 rings (SSSR count). The van der Waals surface area contributed by atoms with Gasteiger partial charge in [0.05, 0.1) is 31.7 Å². The number of rotatable bonds is 3. The first-order valence-electron chi connectivity index (χ1n) is 9.18. The lowest BCUT2D eigenvalue weighted by atomic mass is 10.2. The maximum Gasteiger partial charge on any atom is 0.325 e. The standard InChI is InChI=1S/C19H21N5O5/c20-11-15-18-23-17(12-21-15)24-19(26)22-14-10-13(27-9-6-25)4-5-16(14)28-7-2-1-3-8-29-18/h4-5,10,12,25H,1-3,6-9H2,(H2,22,23,24,26). The first-order chi connectivity index (χ1) is 14.2. The number of hydrogen-bond acceptors (Lipinski definition) is 8. The largest absolute Gasteiger partial charge is 0.491 e. The maximum atomic E-state index is 12.4. The fourth-order valence-corrected chi connectivity index (χ4v) is 2.60. The number of nitriles is 1. The van der Waals surface area contributed by atoms with Crippen LogP contribution < -0.4 is 24.8 Å². The van der Waals surface area contributed by atoms with Crippen molar-refractivity contribution in [3.8, 4) is 23.4 Å². The summed E-state index contributed by atoms with van der Waals surface area (Å²) in [5.74, 6) is 1.20. The van der Waals surface area contributed by atoms with Gasteiger partial charge in [-0.3, -0.25) is 5.32 Å². The molecule has 1 aromatic carbocycles. The van der Waals surface area contributed by atoms with Crippen LogP contribution in [-0.4, -0.2) is 47.5 Å². The Morgan fingerprint density at radius 1 is 1.21 bits per heavy atom. The van der Waals surface area contributed by atoms with E-state index in [1.165, 1.54) is 6.20 Å². The minimum Gasteiger partial charge on any atom is -0.491 e. The molecule has 0 unspecified atom stereocenters. The number of hydrogen-bond donors (Lipinski definition) is 3. The summed E-state index contributed by atoms with van der Waals surface area (Å²) in [5.41, 5.74) is 0.463. The highest BCUT2D eigenvalue weighted by Crippen LogP contribution is 2.30. The predicted molar refractivity (Wildman–Crippen MR) is 103 cm³/mol. The van der Waals surface area contributed by atoms with E-state index in [1.54, 1.807) is 18.2 Å². The van der Waals surface area contributed by atoms with Gasteiger partial charge < -0.3 is 24.6 Å². The molecule has 152 valence electrons. The van der Waals surface area contributed by atoms with E-state index in [9.17, 15) is 4.79 Å². The van der Waals surface area contributed by atoms with Crippen molar-refractivity contribution in [2.75, 3.05) is 37.1 Å². The van der Waals surface area contributed by atoms with Crippen LogP contribution in [0.15, 0.2) is 24.4 Å². The predicted octanol–water partition coefficient (Wildman–Crippen LogP) is 2.30. The molecular weight excluding hydrogens is 378 g/mol. The van der Waals surface area contributed by atoms with Gasteiger partial charge in [-0.2, -0.15) is 10.2 Å². The van der Waals surface area contributed by atoms with Crippen LogP contribution in [0, 0.1) is 11.3 Å². The average Bonchev–Trinajstić information content (AvgIpc) is 2.72. The Balaban J connectivity index is 1.84. The number of fused-ring (bicyclic) bond motifs is 3. The Hall–Kier alpha value is -3.58. The Morgan fingerprint density at radius 2 is 2.03 bits per heavy atom. The van der Waals surface area contributed by atoms with Crippen molar-refractivity contribution in [3.63, 3.8) is 0 Å². The molecule has 0 radical (unpaired) electrons. The third kappa shape index (κ3) is 5.70. The van der Waals surface area contributed by atoms with Gasteiger partial charge in [-0.25, -0.2) is 9.78 Å². The van der Waals surface area contributed by atoms with Crippen molar-refractivity contribution in [1.82, 2.24) is 9.97 Å². The van der Waals surface area contributed by atoms with Gasteiger partial charge in [-0.1, -0.05) is 0 Å². The second-order valence-corrected chi connectivity index (χ2v) is 6.09. The topological polar surface area (TPSA) is 139 Å². The van der Waals surface area contributed by atoms with E-state index in [0.29, 0.717) is 30.4 Å². The number of urea groups is 1. The number of aliphatic hydroxyl groups excluding tert-OH is 1. The highest BCUT2D eigenvalue weighted by Gasteiger charge is 2.14. The third-order valence-corrected chi connectivity index (χ3v) is 3.93. The lowest BCUT2D eigenvalue weighted by Crippen LogP contribution is -2.21. The first-order valence-corrected chi connectivity index (χ1v) is 9.18. The van der Waals surface area contributed by atoms with E-state index >= 15 is 0 Å². The summed E-state index contributed by atoms with van der Waals surface area (Å²) < 4.78 is 16.7. The van der Waals surface area contributed by atoms with Gasteiger partial charge in [-0.15, -0.1) is 0 Å². The normalized spacial score (nSPS) is 14.4. The van der Waals surface area contributed by atoms with Crippen LogP contribution in [0.4, 0.5) is 16.3 Å². The monoisotopic (exact) mass is 399 g/mol. The molecule has 0 fully saturated rings. The zero-order chi connectivity index (χ0) is 20.5. The van der Waals surface area contributed by atoms with Crippen LogP contribution in [0.25, 0.3) is 0 Å². The molecule has 10 nitrogen and oxygen atoms in total. The van der Waals surface area contributed by atoms with Crippen LogP contribution in [0.3, 0.4) is 0 Å². The van der Waals surface area contributed by atoms with Gasteiger partial charge in [0.1, 0.15) is 24.2 Å². The van der Waals surface area contributed by atoms with E-state index < -0.39 is 6.03 Å². The molecule has 0 saturated heterocycles. The Morgan fingerprint density at radius 3 is 2.83 bits per heavy atom. The Bertz CT molecular complexity index is 899. The number of amides is 2. The number of carbonyl (C=O) groups is 1. The molecule has 2 amide bonds. The number of nitrogens with one attached hydrogen (secondary N) is 2. The molecule has 2 heterocycles. The summed E-state index contributed by atoms with van der Waals surface area (Å²) in [5, 5.41) is 23.3. The molecule has 1 aliphatic rings. The molecule has 0 aliphatic carbocycles. The lowest BCUT2D eigenvalue weighted by molar-refractivity contribution is 0.201. The van der Waals surface area contributed by atoms with E-state index in [4.69, 9.17) is 24.6 Å². The zero-order valence-electron chi connectivity index (χ0n) is 15.7. The van der Waals surface area contributed by atoms with Crippen LogP contribution in [0.2, 0.25) is 0 Å². The molecule has 3 N–H and O–H groups in total. The maximum absolute atomic E-state index is 12.4. The molecule has 29 heavy (non-hydrogen) atoms. The summed E-state index contributed by atoms with van der Waals surface area (Å²) in [7, 11) is 0. The molecular formula is C19H21N5O5. The van der Waals surface area contributed by atoms with E-state index in [1.807, 2.05) is 6.07 Å². The van der Waals surface area contributed by atoms with Gasteiger partial charge in [0.25, 0.3) is 5.88 Å². The second kappa shape index (κ2) is 10.1. The Kier molecular flexibility index (Phi) is 7.02. The van der Waals surface area contributed by atoms with Crippen LogP contribution in [-0.2, 0) is 0 Å². The number of carbonyl (C=O) groups excluding carboxylic acids is 1. The number of aliphatic hydroxyl groups is 1. The fraction of sp³-hybridized carbons (Fsp3) is 0.368. The SMILES string of the molecule is N#Cc1ncc2nc1OCCCCCOc1ccc(OCCO)cc1NC(=O)N2. The smallest absolute Gasteiger partial charge is 0.325 e. The molecule has 2 aromatic rings. The molecule has 10 heteroatoms. The second-order valence-electron chi connectivity index (χ2n) is 6.09. The number of nitrogens with zero attached hydrogens (tertiary/aromatic N) is 3. The number of ether oxygens (including phenoxy) is 3. The quantitative estimate of drug-likeness (QED) is 0.715. The molecule has 0 saturated carbocycles. The summed E-state index contributed by atoms with van der Waals surface area (Å²) in [4.78, 5) is 20.6. The highest BCUT2D eigenvalue weighted by atomic mass is 16.5. The molecule has 0 atom stereocenters. The summed E-state index contributed by atoms with van der Waals surface area (Å²) in [6.45, 7) is 0.851. The summed E-state index contributed by atoms with van der Waals surface area (Å²) >= 11 is 0. The Labute approximate surface area is 167 Å². The van der Waals surface area contributed by atoms with Crippen molar-refractivity contribution in [1.29, 1.82) is 5.26 Å². The van der Waals surface area contributed by atoms with Gasteiger partial charge in [0.2, 0.25) is 5.69 Å². The fourth-order valence-electron chi connectivity index (χ4n) is 2.60. The van der Waals surface area contributed by atoms with Crippen molar-refractivity contribution in [2.45, 2.75) is 19.3 Å². The zero-order valence-corrected chi connectivity index (χ0v) is 15.7. The van der Waals surface area contributed by atoms with Gasteiger partial charge in [0.15, 0.2) is 5.82 Å². The lowest BCUT2D eigenvalue weighted by Gasteiger charge is -2.14. The third-order valence-electron chi connectivity index (χ3n) is 3.93. The van der Waals surface area contributed by atoms with Crippen molar-refractivity contribution in [3.05, 3.63) is 30.1 Å². The van der Waals surface area contributed by atoms with Crippen molar-refractivity contribution in [2.24, 2.45) is 0 Å². The minimum absolute atomic E-state index is 0.0552. The molecule has 1 aliphatic heterocycles. The van der Waals surface area contributed by atoms with Crippen molar-refractivity contribution < 1.29 is 24.1 Å². The van der Waals surface area contributed by atoms with Gasteiger partial charge >= 0.3 is 6.03 Å². The summed E-state index contributed by atoms with van der Waals surface area (Å²) in [6.07, 6.45) is 3.67. The van der Waals surface area contributed by atoms with E-state index in [0.717, 1.165) is 19.3 Å². The minimum atomic E-state index is -0.575. The van der Waals surface area contributed by atoms with E-state index in [-0.39, 0.29) is 30.6 Å². The van der Waals surface area contributed by atoms with Crippen molar-refractivity contribution >= 4 is 17.5 Å². The first kappa shape index (κ1) is 20.2. The molecule has 0 spiro atoms. The van der Waals surface area contributed by atoms with Crippen LogP contribution in [0.1, 0.15) is 25.0 Å². The number of benzene rings is 1. The molecule has 1 aromatic heterocycles. The van der Waals surface area contributed by atoms with E-state index in [2.05, 4.69) is 20.6 Å². The molecule has 2 bridgehead atoms. The van der Waals surface area contributed by atoms with Crippen LogP contribution in [0.5, 0.6) is 17.4 Å².